The van der Waals surface area contributed by atoms with Gasteiger partial charge in [-0.15, -0.1) is 0 Å². The first-order valence-corrected chi connectivity index (χ1v) is 13.0. The zero-order valence-electron chi connectivity index (χ0n) is 23.4. The molecule has 2 amide bonds. The maximum Gasteiger partial charge on any atom is 0.253 e. The number of carbonyl (C=O) groups is 2. The summed E-state index contributed by atoms with van der Waals surface area (Å²) < 4.78 is 0. The third-order valence-electron chi connectivity index (χ3n) is 6.79. The number of aromatic nitrogens is 1. The fraction of sp³-hybridized carbons (Fsp3) is 0.400. The van der Waals surface area contributed by atoms with Crippen LogP contribution < -0.4 is 11.1 Å². The summed E-state index contributed by atoms with van der Waals surface area (Å²) in [7, 11) is 3.55. The summed E-state index contributed by atoms with van der Waals surface area (Å²) in [5.74, 6) is 0.732. The lowest BCUT2D eigenvalue weighted by molar-refractivity contribution is -0.118. The SMILES string of the molecule is CC(=O)N/C=C(/C)C(N)=Nc1ccnc(C)c1/C=C(\C)CN1CCC(c2ccc(C(=O)N(C)C)cc2)CC1. The van der Waals surface area contributed by atoms with E-state index in [-0.39, 0.29) is 11.8 Å². The number of amides is 2. The molecule has 1 aromatic carbocycles. The third-order valence-corrected chi connectivity index (χ3v) is 6.79. The van der Waals surface area contributed by atoms with Crippen LogP contribution in [0.4, 0.5) is 5.69 Å². The molecule has 3 rings (SSSR count). The predicted octanol–water partition coefficient (Wildman–Crippen LogP) is 4.40. The first kappa shape index (κ1) is 28.8. The van der Waals surface area contributed by atoms with Gasteiger partial charge < -0.3 is 16.0 Å². The Morgan fingerprint density at radius 1 is 1.13 bits per heavy atom. The first-order chi connectivity index (χ1) is 18.0. The Morgan fingerprint density at radius 3 is 2.39 bits per heavy atom. The van der Waals surface area contributed by atoms with Gasteiger partial charge in [-0.1, -0.05) is 23.8 Å². The maximum atomic E-state index is 12.2. The van der Waals surface area contributed by atoms with Crippen LogP contribution in [0.15, 0.2) is 58.9 Å². The van der Waals surface area contributed by atoms with Gasteiger partial charge in [-0.3, -0.25) is 19.5 Å². The number of aliphatic imine (C=N–C) groups is 1. The van der Waals surface area contributed by atoms with Gasteiger partial charge >= 0.3 is 0 Å². The second-order valence-corrected chi connectivity index (χ2v) is 10.2. The van der Waals surface area contributed by atoms with Crippen molar-refractivity contribution in [1.29, 1.82) is 0 Å². The number of hydrogen-bond acceptors (Lipinski definition) is 5. The van der Waals surface area contributed by atoms with Crippen molar-refractivity contribution in [1.82, 2.24) is 20.1 Å². The summed E-state index contributed by atoms with van der Waals surface area (Å²) in [4.78, 5) is 36.5. The molecule has 2 aromatic rings. The van der Waals surface area contributed by atoms with Gasteiger partial charge in [-0.05, 0) is 76.4 Å². The predicted molar refractivity (Wildman–Crippen MR) is 154 cm³/mol. The largest absolute Gasteiger partial charge is 0.383 e. The quantitative estimate of drug-likeness (QED) is 0.400. The van der Waals surface area contributed by atoms with E-state index in [0.29, 0.717) is 17.3 Å². The second kappa shape index (κ2) is 13.1. The standard InChI is InChI=1S/C30H40N6O2/c1-20(17-27-22(3)32-14-11-28(27)34-29(31)21(2)18-33-23(4)37)19-36-15-12-25(13-16-36)24-7-9-26(10-8-24)30(38)35(5)6/h7-11,14,17-18,25H,12-13,15-16,19H2,1-6H3,(H,33,37)(H2,31,32,34)/b20-17+,21-18-. The Labute approximate surface area is 226 Å². The number of nitrogens with two attached hydrogens (primary N) is 1. The molecule has 8 heteroatoms. The Kier molecular flexibility index (Phi) is 9.96. The molecule has 8 nitrogen and oxygen atoms in total. The monoisotopic (exact) mass is 516 g/mol. The van der Waals surface area contributed by atoms with E-state index in [1.807, 2.05) is 32.0 Å². The van der Waals surface area contributed by atoms with E-state index in [0.717, 1.165) is 55.0 Å². The zero-order valence-corrected chi connectivity index (χ0v) is 23.4. The molecule has 2 heterocycles. The average molecular weight is 517 g/mol. The van der Waals surface area contributed by atoms with Crippen molar-refractivity contribution in [2.75, 3.05) is 33.7 Å². The van der Waals surface area contributed by atoms with Crippen molar-refractivity contribution in [3.05, 3.63) is 76.3 Å². The van der Waals surface area contributed by atoms with Gasteiger partial charge in [0.1, 0.15) is 5.84 Å². The van der Waals surface area contributed by atoms with Crippen LogP contribution in [-0.4, -0.2) is 66.2 Å². The number of pyridine rings is 1. The second-order valence-electron chi connectivity index (χ2n) is 10.2. The molecule has 1 aromatic heterocycles. The van der Waals surface area contributed by atoms with Crippen molar-refractivity contribution in [3.8, 4) is 0 Å². The number of carbonyl (C=O) groups excluding carboxylic acids is 2. The molecule has 202 valence electrons. The van der Waals surface area contributed by atoms with Crippen LogP contribution in [0.5, 0.6) is 0 Å². The minimum absolute atomic E-state index is 0.0330. The van der Waals surface area contributed by atoms with Crippen LogP contribution in [0.1, 0.15) is 66.7 Å². The molecule has 1 saturated heterocycles. The van der Waals surface area contributed by atoms with Crippen LogP contribution >= 0.6 is 0 Å². The molecule has 0 atom stereocenters. The summed E-state index contributed by atoms with van der Waals surface area (Å²) in [6.45, 7) is 10.3. The van der Waals surface area contributed by atoms with Gasteiger partial charge in [0, 0.05) is 62.4 Å². The fourth-order valence-electron chi connectivity index (χ4n) is 4.57. The zero-order chi connectivity index (χ0) is 27.8. The van der Waals surface area contributed by atoms with E-state index >= 15 is 0 Å². The molecule has 0 radical (unpaired) electrons. The number of rotatable bonds is 8. The van der Waals surface area contributed by atoms with Crippen LogP contribution in [0, 0.1) is 6.92 Å². The number of aryl methyl sites for hydroxylation is 1. The van der Waals surface area contributed by atoms with Gasteiger partial charge in [0.25, 0.3) is 5.91 Å². The van der Waals surface area contributed by atoms with Gasteiger partial charge in [0.05, 0.1) is 5.69 Å². The number of amidine groups is 1. The lowest BCUT2D eigenvalue weighted by Crippen LogP contribution is -2.34. The molecule has 0 aliphatic carbocycles. The van der Waals surface area contributed by atoms with Crippen molar-refractivity contribution in [3.63, 3.8) is 0 Å². The van der Waals surface area contributed by atoms with Gasteiger partial charge in [-0.25, -0.2) is 4.99 Å². The lowest BCUT2D eigenvalue weighted by atomic mass is 9.88. The minimum atomic E-state index is -0.158. The summed E-state index contributed by atoms with van der Waals surface area (Å²) in [5.41, 5.74) is 12.7. The normalized spacial score (nSPS) is 15.9. The topological polar surface area (TPSA) is 104 Å². The van der Waals surface area contributed by atoms with Crippen molar-refractivity contribution in [2.24, 2.45) is 10.7 Å². The number of nitrogens with zero attached hydrogens (tertiary/aromatic N) is 4. The molecule has 1 aliphatic heterocycles. The number of nitrogens with one attached hydrogen (secondary N) is 1. The number of piperidine rings is 1. The maximum absolute atomic E-state index is 12.2. The van der Waals surface area contributed by atoms with Crippen LogP contribution in [-0.2, 0) is 4.79 Å². The molecule has 0 bridgehead atoms. The van der Waals surface area contributed by atoms with Crippen molar-refractivity contribution in [2.45, 2.75) is 46.5 Å². The van der Waals surface area contributed by atoms with E-state index in [2.05, 4.69) is 45.3 Å². The average Bonchev–Trinajstić information content (AvgIpc) is 2.89. The van der Waals surface area contributed by atoms with E-state index in [1.54, 1.807) is 31.4 Å². The van der Waals surface area contributed by atoms with E-state index in [9.17, 15) is 9.59 Å². The van der Waals surface area contributed by atoms with E-state index < -0.39 is 0 Å². The molecule has 0 saturated carbocycles. The minimum Gasteiger partial charge on any atom is -0.383 e. The van der Waals surface area contributed by atoms with Crippen molar-refractivity contribution < 1.29 is 9.59 Å². The Bertz CT molecular complexity index is 1240. The number of hydrogen-bond donors (Lipinski definition) is 2. The molecule has 1 aliphatic rings. The Hall–Kier alpha value is -3.78. The highest BCUT2D eigenvalue weighted by molar-refractivity contribution is 5.99. The molecule has 0 spiro atoms. The smallest absolute Gasteiger partial charge is 0.253 e. The van der Waals surface area contributed by atoms with Crippen molar-refractivity contribution >= 4 is 29.4 Å². The summed E-state index contributed by atoms with van der Waals surface area (Å²) >= 11 is 0. The molecule has 38 heavy (non-hydrogen) atoms. The number of benzene rings is 1. The van der Waals surface area contributed by atoms with Gasteiger partial charge in [-0.2, -0.15) is 0 Å². The highest BCUT2D eigenvalue weighted by Gasteiger charge is 2.21. The third kappa shape index (κ3) is 7.86. The Morgan fingerprint density at radius 2 is 1.79 bits per heavy atom. The first-order valence-electron chi connectivity index (χ1n) is 13.0. The highest BCUT2D eigenvalue weighted by Crippen LogP contribution is 2.29. The van der Waals surface area contributed by atoms with Crippen LogP contribution in [0.2, 0.25) is 0 Å². The highest BCUT2D eigenvalue weighted by atomic mass is 16.2. The summed E-state index contributed by atoms with van der Waals surface area (Å²) in [6.07, 6.45) is 7.62. The molecule has 1 fully saturated rings. The molecular weight excluding hydrogens is 476 g/mol. The Balaban J connectivity index is 1.65. The van der Waals surface area contributed by atoms with E-state index in [1.165, 1.54) is 18.1 Å². The van der Waals surface area contributed by atoms with Gasteiger partial charge in [0.2, 0.25) is 5.91 Å². The van der Waals surface area contributed by atoms with Crippen LogP contribution in [0.25, 0.3) is 6.08 Å². The number of likely N-dealkylation sites (tertiary alicyclic amines) is 1. The van der Waals surface area contributed by atoms with Gasteiger partial charge in [0.15, 0.2) is 0 Å². The molecule has 0 unspecified atom stereocenters. The van der Waals surface area contributed by atoms with E-state index in [4.69, 9.17) is 5.73 Å². The lowest BCUT2D eigenvalue weighted by Gasteiger charge is -2.32. The summed E-state index contributed by atoms with van der Waals surface area (Å²) in [6, 6.07) is 9.95. The fourth-order valence-corrected chi connectivity index (χ4v) is 4.57. The molecule has 3 N–H and O–H groups in total. The van der Waals surface area contributed by atoms with Crippen LogP contribution in [0.3, 0.4) is 0 Å². The molecular formula is C30H40N6O2. The summed E-state index contributed by atoms with van der Waals surface area (Å²) in [5, 5.41) is 2.63.